The van der Waals surface area contributed by atoms with E-state index in [-0.39, 0.29) is 11.6 Å². The van der Waals surface area contributed by atoms with Gasteiger partial charge in [-0.2, -0.15) is 0 Å². The predicted octanol–water partition coefficient (Wildman–Crippen LogP) is 4.71. The molecule has 0 aliphatic heterocycles. The first kappa shape index (κ1) is 26.4. The lowest BCUT2D eigenvalue weighted by molar-refractivity contribution is -0.327. The minimum atomic E-state index is -1.34. The summed E-state index contributed by atoms with van der Waals surface area (Å²) in [7, 11) is 0. The van der Waals surface area contributed by atoms with Crippen LogP contribution < -0.4 is 5.32 Å². The number of nitrogens with zero attached hydrogens (tertiary/aromatic N) is 1. The second-order valence-electron chi connectivity index (χ2n) is 8.12. The van der Waals surface area contributed by atoms with Crippen LogP contribution in [-0.2, 0) is 22.4 Å². The maximum absolute atomic E-state index is 11.6. The van der Waals surface area contributed by atoms with Crippen LogP contribution >= 0.6 is 0 Å². The minimum Gasteiger partial charge on any atom is -0.480 e. The topological polar surface area (TPSA) is 130 Å². The van der Waals surface area contributed by atoms with Crippen molar-refractivity contribution in [1.82, 2.24) is 5.23 Å². The van der Waals surface area contributed by atoms with E-state index >= 15 is 0 Å². The molecule has 5 N–H and O–H groups in total. The zero-order valence-corrected chi connectivity index (χ0v) is 19.4. The van der Waals surface area contributed by atoms with Crippen LogP contribution in [0.1, 0.15) is 11.1 Å². The predicted molar refractivity (Wildman–Crippen MR) is 136 cm³/mol. The Bertz CT molecular complexity index is 1260. The van der Waals surface area contributed by atoms with E-state index in [1.54, 1.807) is 30.3 Å². The standard InChI is InChI=1S/C19H17NO2.C9H11NO4/c21-19(22)18(13-14-7-2-1-3-8-14)20-17-12-6-10-15-9-4-5-11-16(15)17;11-9(12)8(10(13)14)6-7-4-2-1-3-5-7/h1-12,18,20H,13H2,(H,21,22);1-5,8,13-14H,6H2,(H,11,12). The Morgan fingerprint density at radius 3 is 1.75 bits per heavy atom. The van der Waals surface area contributed by atoms with Gasteiger partial charge in [-0.1, -0.05) is 102 Å². The molecule has 0 fully saturated rings. The fourth-order valence-electron chi connectivity index (χ4n) is 3.69. The first-order valence-corrected chi connectivity index (χ1v) is 11.3. The summed E-state index contributed by atoms with van der Waals surface area (Å²) < 4.78 is 0. The SMILES string of the molecule is O=C(O)C(Cc1ccccc1)N(O)O.O=C(O)C(Cc1ccccc1)Nc1cccc2ccccc12. The number of aliphatic carboxylic acids is 2. The minimum absolute atomic E-state index is 0.0448. The quantitative estimate of drug-likeness (QED) is 0.214. The van der Waals surface area contributed by atoms with Gasteiger partial charge in [0.25, 0.3) is 0 Å². The molecule has 0 aliphatic rings. The van der Waals surface area contributed by atoms with Crippen LogP contribution in [-0.4, -0.2) is 49.9 Å². The molecule has 0 spiro atoms. The van der Waals surface area contributed by atoms with Crippen molar-refractivity contribution in [3.05, 3.63) is 114 Å². The first-order chi connectivity index (χ1) is 17.3. The summed E-state index contributed by atoms with van der Waals surface area (Å²) in [6, 6.07) is 30.3. The smallest absolute Gasteiger partial charge is 0.326 e. The van der Waals surface area contributed by atoms with E-state index in [1.807, 2.05) is 72.8 Å². The van der Waals surface area contributed by atoms with Crippen molar-refractivity contribution in [2.24, 2.45) is 0 Å². The molecule has 8 nitrogen and oxygen atoms in total. The Hall–Kier alpha value is -4.24. The summed E-state index contributed by atoms with van der Waals surface area (Å²) >= 11 is 0. The average Bonchev–Trinajstić information content (AvgIpc) is 2.88. The van der Waals surface area contributed by atoms with Crippen LogP contribution in [0.15, 0.2) is 103 Å². The third-order valence-corrected chi connectivity index (χ3v) is 5.54. The van der Waals surface area contributed by atoms with E-state index in [4.69, 9.17) is 15.5 Å². The van der Waals surface area contributed by atoms with Gasteiger partial charge in [0, 0.05) is 23.9 Å². The Morgan fingerprint density at radius 1 is 0.667 bits per heavy atom. The molecule has 0 radical (unpaired) electrons. The van der Waals surface area contributed by atoms with Gasteiger partial charge in [0.15, 0.2) is 6.04 Å². The maximum atomic E-state index is 11.6. The number of anilines is 1. The number of nitrogens with one attached hydrogen (secondary N) is 1. The van der Waals surface area contributed by atoms with E-state index in [1.165, 1.54) is 0 Å². The highest BCUT2D eigenvalue weighted by Crippen LogP contribution is 2.24. The Morgan fingerprint density at radius 2 is 1.19 bits per heavy atom. The van der Waals surface area contributed by atoms with Crippen molar-refractivity contribution in [1.29, 1.82) is 0 Å². The molecule has 0 saturated carbocycles. The zero-order valence-electron chi connectivity index (χ0n) is 19.4. The zero-order chi connectivity index (χ0) is 25.9. The first-order valence-electron chi connectivity index (χ1n) is 11.3. The average molecular weight is 489 g/mol. The van der Waals surface area contributed by atoms with Crippen LogP contribution in [0.3, 0.4) is 0 Å². The molecular formula is C28H28N2O6. The molecule has 36 heavy (non-hydrogen) atoms. The summed E-state index contributed by atoms with van der Waals surface area (Å²) in [5, 5.41) is 40.5. The van der Waals surface area contributed by atoms with Crippen molar-refractivity contribution in [3.63, 3.8) is 0 Å². The van der Waals surface area contributed by atoms with Gasteiger partial charge in [-0.25, -0.2) is 4.79 Å². The second kappa shape index (κ2) is 13.0. The lowest BCUT2D eigenvalue weighted by atomic mass is 10.0. The van der Waals surface area contributed by atoms with E-state index in [0.717, 1.165) is 27.6 Å². The molecule has 4 aromatic rings. The summed E-state index contributed by atoms with van der Waals surface area (Å²) in [4.78, 5) is 22.2. The Balaban J connectivity index is 0.000000223. The van der Waals surface area contributed by atoms with Crippen molar-refractivity contribution in [3.8, 4) is 0 Å². The number of hydrogen-bond donors (Lipinski definition) is 5. The molecular weight excluding hydrogens is 460 g/mol. The summed E-state index contributed by atoms with van der Waals surface area (Å²) in [6.07, 6.45) is 0.489. The largest absolute Gasteiger partial charge is 0.480 e. The molecule has 2 unspecified atom stereocenters. The van der Waals surface area contributed by atoms with Crippen LogP contribution in [0, 0.1) is 0 Å². The molecule has 0 aliphatic carbocycles. The molecule has 0 bridgehead atoms. The van der Waals surface area contributed by atoms with Crippen molar-refractivity contribution >= 4 is 28.4 Å². The summed E-state index contributed by atoms with van der Waals surface area (Å²) in [6.45, 7) is 0. The van der Waals surface area contributed by atoms with Crippen LogP contribution in [0.2, 0.25) is 0 Å². The number of carboxylic acid groups (broad SMARTS) is 2. The molecule has 0 saturated heterocycles. The molecule has 4 rings (SSSR count). The van der Waals surface area contributed by atoms with Crippen LogP contribution in [0.25, 0.3) is 10.8 Å². The molecule has 186 valence electrons. The number of fused-ring (bicyclic) bond motifs is 1. The van der Waals surface area contributed by atoms with Gasteiger partial charge < -0.3 is 15.5 Å². The fourth-order valence-corrected chi connectivity index (χ4v) is 3.69. The molecule has 4 aromatic carbocycles. The van der Waals surface area contributed by atoms with Gasteiger partial charge in [0.05, 0.1) is 0 Å². The molecule has 8 heteroatoms. The van der Waals surface area contributed by atoms with Crippen molar-refractivity contribution < 1.29 is 30.2 Å². The van der Waals surface area contributed by atoms with Gasteiger partial charge >= 0.3 is 11.9 Å². The van der Waals surface area contributed by atoms with Gasteiger partial charge in [0.1, 0.15) is 6.04 Å². The molecule has 2 atom stereocenters. The van der Waals surface area contributed by atoms with Crippen LogP contribution in [0.5, 0.6) is 0 Å². The van der Waals surface area contributed by atoms with Gasteiger partial charge in [-0.15, -0.1) is 0 Å². The van der Waals surface area contributed by atoms with Crippen LogP contribution in [0.4, 0.5) is 5.69 Å². The van der Waals surface area contributed by atoms with E-state index in [0.29, 0.717) is 6.42 Å². The number of carboxylic acids is 2. The van der Waals surface area contributed by atoms with Gasteiger partial charge in [-0.3, -0.25) is 15.2 Å². The van der Waals surface area contributed by atoms with Crippen molar-refractivity contribution in [2.45, 2.75) is 24.9 Å². The number of rotatable bonds is 9. The van der Waals surface area contributed by atoms with Crippen molar-refractivity contribution in [2.75, 3.05) is 5.32 Å². The maximum Gasteiger partial charge on any atom is 0.326 e. The third kappa shape index (κ3) is 7.64. The molecule has 0 amide bonds. The van der Waals surface area contributed by atoms with Gasteiger partial charge in [-0.05, 0) is 22.6 Å². The Labute approximate surface area is 208 Å². The highest BCUT2D eigenvalue weighted by Gasteiger charge is 2.23. The summed E-state index contributed by atoms with van der Waals surface area (Å²) in [5.74, 6) is -2.13. The third-order valence-electron chi connectivity index (χ3n) is 5.54. The highest BCUT2D eigenvalue weighted by molar-refractivity contribution is 5.95. The number of benzene rings is 4. The number of carbonyl (C=O) groups is 2. The lowest BCUT2D eigenvalue weighted by Gasteiger charge is -2.17. The number of hydroxylamine groups is 2. The summed E-state index contributed by atoms with van der Waals surface area (Å²) in [5.41, 5.74) is 2.58. The molecule has 0 heterocycles. The van der Waals surface area contributed by atoms with E-state index < -0.39 is 24.0 Å². The normalized spacial score (nSPS) is 12.3. The second-order valence-corrected chi connectivity index (χ2v) is 8.12. The van der Waals surface area contributed by atoms with E-state index in [9.17, 15) is 14.7 Å². The van der Waals surface area contributed by atoms with Gasteiger partial charge in [0.2, 0.25) is 0 Å². The number of hydrogen-bond acceptors (Lipinski definition) is 6. The van der Waals surface area contributed by atoms with E-state index in [2.05, 4.69) is 5.32 Å². The Kier molecular flexibility index (Phi) is 9.53. The monoisotopic (exact) mass is 488 g/mol. The highest BCUT2D eigenvalue weighted by atomic mass is 16.8. The molecule has 0 aromatic heterocycles. The fraction of sp³-hybridized carbons (Fsp3) is 0.143. The lowest BCUT2D eigenvalue weighted by Crippen LogP contribution is -2.38.